The molecule has 206 valence electrons. The molecule has 0 aliphatic heterocycles. The monoisotopic (exact) mass is 580 g/mol. The summed E-state index contributed by atoms with van der Waals surface area (Å²) >= 11 is 18.7. The Morgan fingerprint density at radius 1 is 0.692 bits per heavy atom. The van der Waals surface area contributed by atoms with Crippen LogP contribution in [0.4, 0.5) is 0 Å². The van der Waals surface area contributed by atoms with Gasteiger partial charge in [0.15, 0.2) is 0 Å². The number of nitrogens with zero attached hydrogens (tertiary/aromatic N) is 2. The Hall–Kier alpha value is -2.00. The lowest BCUT2D eigenvalue weighted by atomic mass is 9.86. The van der Waals surface area contributed by atoms with Gasteiger partial charge in [-0.15, -0.1) is 0 Å². The maximum absolute atomic E-state index is 6.32. The summed E-state index contributed by atoms with van der Waals surface area (Å²) in [5.74, 6) is 1.22. The molecule has 2 aromatic heterocycles. The van der Waals surface area contributed by atoms with Crippen molar-refractivity contribution < 1.29 is 0 Å². The van der Waals surface area contributed by atoms with Gasteiger partial charge in [0.2, 0.25) is 0 Å². The molecule has 2 atom stereocenters. The molecule has 0 radical (unpaired) electrons. The minimum absolute atomic E-state index is 0.503. The Morgan fingerprint density at radius 3 is 2.08 bits per heavy atom. The van der Waals surface area contributed by atoms with Crippen LogP contribution in [0, 0.1) is 5.92 Å². The van der Waals surface area contributed by atoms with Crippen LogP contribution < -0.4 is 0 Å². The summed E-state index contributed by atoms with van der Waals surface area (Å²) < 4.78 is 2.34. The van der Waals surface area contributed by atoms with E-state index in [1.165, 1.54) is 88.3 Å². The third-order valence-electron chi connectivity index (χ3n) is 8.41. The highest BCUT2D eigenvalue weighted by atomic mass is 35.5. The van der Waals surface area contributed by atoms with Crippen LogP contribution in [0.5, 0.6) is 0 Å². The first-order chi connectivity index (χ1) is 19.1. The molecule has 2 nitrogen and oxygen atoms in total. The van der Waals surface area contributed by atoms with Crippen molar-refractivity contribution in [3.8, 4) is 11.3 Å². The number of hydrogen-bond donors (Lipinski definition) is 0. The van der Waals surface area contributed by atoms with E-state index in [2.05, 4.69) is 53.1 Å². The summed E-state index contributed by atoms with van der Waals surface area (Å²) in [5, 5.41) is 2.08. The van der Waals surface area contributed by atoms with E-state index < -0.39 is 0 Å². The molecular weight excluding hydrogens is 543 g/mol. The lowest BCUT2D eigenvalue weighted by Crippen LogP contribution is -2.07. The third kappa shape index (κ3) is 7.60. The smallest absolute Gasteiger partial charge is 0.137 e. The lowest BCUT2D eigenvalue weighted by Gasteiger charge is -2.21. The van der Waals surface area contributed by atoms with Crippen molar-refractivity contribution in [2.75, 3.05) is 0 Å². The molecule has 5 heteroatoms. The first kappa shape index (κ1) is 28.5. The molecule has 39 heavy (non-hydrogen) atoms. The Morgan fingerprint density at radius 2 is 1.36 bits per heavy atom. The van der Waals surface area contributed by atoms with Crippen molar-refractivity contribution in [1.29, 1.82) is 0 Å². The quantitative estimate of drug-likeness (QED) is 0.234. The average Bonchev–Trinajstić information content (AvgIpc) is 3.32. The molecule has 1 saturated carbocycles. The Balaban J connectivity index is 1.31. The fraction of sp³-hybridized carbons (Fsp3) is 0.441. The Kier molecular flexibility index (Phi) is 10.3. The minimum Gasteiger partial charge on any atom is -0.303 e. The fourth-order valence-electron chi connectivity index (χ4n) is 6.35. The van der Waals surface area contributed by atoms with Crippen molar-refractivity contribution in [2.45, 2.75) is 89.4 Å². The zero-order valence-electron chi connectivity index (χ0n) is 22.7. The number of aromatic nitrogens is 2. The molecule has 0 spiro atoms. The van der Waals surface area contributed by atoms with E-state index in [0.717, 1.165) is 34.3 Å². The number of rotatable bonds is 4. The molecule has 5 rings (SSSR count). The van der Waals surface area contributed by atoms with E-state index in [4.69, 9.17) is 39.8 Å². The summed E-state index contributed by atoms with van der Waals surface area (Å²) in [6.45, 7) is 0. The SMILES string of the molecule is Clc1ccc(-c2nc3ccccn3c2C2CCCCCCCC(Cc3ccc(Cl)c(Cl)c3)CCCCC2)cc1. The van der Waals surface area contributed by atoms with Gasteiger partial charge in [-0.3, -0.25) is 0 Å². The molecule has 0 amide bonds. The molecule has 2 heterocycles. The number of hydrogen-bond acceptors (Lipinski definition) is 1. The molecule has 0 bridgehead atoms. The van der Waals surface area contributed by atoms with Gasteiger partial charge >= 0.3 is 0 Å². The van der Waals surface area contributed by atoms with Gasteiger partial charge in [-0.2, -0.15) is 0 Å². The zero-order chi connectivity index (χ0) is 27.0. The second-order valence-electron chi connectivity index (χ2n) is 11.3. The minimum atomic E-state index is 0.503. The molecule has 1 aliphatic carbocycles. The summed E-state index contributed by atoms with van der Waals surface area (Å²) in [5.41, 5.74) is 5.99. The van der Waals surface area contributed by atoms with E-state index in [1.54, 1.807) is 0 Å². The second-order valence-corrected chi connectivity index (χ2v) is 12.5. The second kappa shape index (κ2) is 14.1. The van der Waals surface area contributed by atoms with Crippen LogP contribution in [0.25, 0.3) is 16.9 Å². The summed E-state index contributed by atoms with van der Waals surface area (Å²) in [7, 11) is 0. The Bertz CT molecular complexity index is 1340. The lowest BCUT2D eigenvalue weighted by molar-refractivity contribution is 0.389. The van der Waals surface area contributed by atoms with Crippen molar-refractivity contribution in [3.63, 3.8) is 0 Å². The van der Waals surface area contributed by atoms with Gasteiger partial charge in [-0.1, -0.05) is 123 Å². The molecule has 1 fully saturated rings. The topological polar surface area (TPSA) is 17.3 Å². The van der Waals surface area contributed by atoms with Crippen LogP contribution in [0.1, 0.15) is 94.2 Å². The maximum atomic E-state index is 6.32. The maximum Gasteiger partial charge on any atom is 0.137 e. The van der Waals surface area contributed by atoms with Crippen LogP contribution >= 0.6 is 34.8 Å². The summed E-state index contributed by atoms with van der Waals surface area (Å²) in [4.78, 5) is 5.11. The average molecular weight is 582 g/mol. The van der Waals surface area contributed by atoms with E-state index >= 15 is 0 Å². The number of halogens is 3. The highest BCUT2D eigenvalue weighted by molar-refractivity contribution is 6.42. The van der Waals surface area contributed by atoms with E-state index in [-0.39, 0.29) is 0 Å². The van der Waals surface area contributed by atoms with Crippen molar-refractivity contribution >= 4 is 40.4 Å². The first-order valence-electron chi connectivity index (χ1n) is 14.8. The molecule has 4 aromatic rings. The van der Waals surface area contributed by atoms with E-state index in [1.807, 2.05) is 18.2 Å². The molecule has 2 unspecified atom stereocenters. The van der Waals surface area contributed by atoms with Gasteiger partial charge in [-0.25, -0.2) is 4.98 Å². The highest BCUT2D eigenvalue weighted by Gasteiger charge is 2.23. The third-order valence-corrected chi connectivity index (χ3v) is 9.40. The number of benzene rings is 2. The van der Waals surface area contributed by atoms with Crippen LogP contribution in [0.2, 0.25) is 15.1 Å². The van der Waals surface area contributed by atoms with Crippen LogP contribution in [-0.2, 0) is 6.42 Å². The van der Waals surface area contributed by atoms with Gasteiger partial charge in [0.25, 0.3) is 0 Å². The highest BCUT2D eigenvalue weighted by Crippen LogP contribution is 2.37. The normalized spacial score (nSPS) is 20.1. The van der Waals surface area contributed by atoms with Gasteiger partial charge in [0.1, 0.15) is 5.65 Å². The van der Waals surface area contributed by atoms with Crippen molar-refractivity contribution in [2.24, 2.45) is 5.92 Å². The molecule has 1 aliphatic rings. The molecule has 0 saturated heterocycles. The largest absolute Gasteiger partial charge is 0.303 e. The van der Waals surface area contributed by atoms with Crippen LogP contribution in [0.3, 0.4) is 0 Å². The number of fused-ring (bicyclic) bond motifs is 1. The number of pyridine rings is 1. The summed E-state index contributed by atoms with van der Waals surface area (Å²) in [6.07, 6.45) is 18.7. The molecular formula is C34H39Cl3N2. The van der Waals surface area contributed by atoms with Crippen molar-refractivity contribution in [1.82, 2.24) is 9.38 Å². The predicted octanol–water partition coefficient (Wildman–Crippen LogP) is 11.6. The van der Waals surface area contributed by atoms with Gasteiger partial charge < -0.3 is 4.40 Å². The summed E-state index contributed by atoms with van der Waals surface area (Å²) in [6, 6.07) is 20.7. The number of imidazole rings is 1. The molecule has 2 aromatic carbocycles. The van der Waals surface area contributed by atoms with Gasteiger partial charge in [0.05, 0.1) is 21.4 Å². The van der Waals surface area contributed by atoms with Gasteiger partial charge in [0, 0.05) is 22.7 Å². The molecule has 0 N–H and O–H groups in total. The standard InChI is InChI=1S/C34H39Cl3N2/c35-29-19-17-27(18-20-29)33-34(39-22-10-9-15-32(39)38-33)28-13-7-3-1-2-5-11-25(12-6-4-8-14-28)23-26-16-21-30(36)31(37)24-26/h9-10,15-22,24-25,28H,1-8,11-14,23H2. The fourth-order valence-corrected chi connectivity index (χ4v) is 6.79. The van der Waals surface area contributed by atoms with Crippen LogP contribution in [-0.4, -0.2) is 9.38 Å². The Labute approximate surface area is 248 Å². The van der Waals surface area contributed by atoms with Gasteiger partial charge in [-0.05, 0) is 67.1 Å². The van der Waals surface area contributed by atoms with Crippen LogP contribution in [0.15, 0.2) is 66.9 Å². The predicted molar refractivity (Wildman–Crippen MR) is 167 cm³/mol. The van der Waals surface area contributed by atoms with Crippen molar-refractivity contribution in [3.05, 3.63) is 93.2 Å². The zero-order valence-corrected chi connectivity index (χ0v) is 25.0. The van der Waals surface area contributed by atoms with E-state index in [0.29, 0.717) is 16.0 Å². The van der Waals surface area contributed by atoms with E-state index in [9.17, 15) is 0 Å². The first-order valence-corrected chi connectivity index (χ1v) is 15.9.